The predicted molar refractivity (Wildman–Crippen MR) is 142 cm³/mol. The number of nitrogens with zero attached hydrogens (tertiary/aromatic N) is 3. The van der Waals surface area contributed by atoms with E-state index in [1.54, 1.807) is 20.4 Å². The first kappa shape index (κ1) is 23.0. The van der Waals surface area contributed by atoms with Crippen molar-refractivity contribution in [2.45, 2.75) is 6.92 Å². The standard InChI is InChI=1S/C30H25N3O3/c1-19-26(24-7-5-6-8-27(24)33(19)2)18-32-30-25(17-31)28(20-9-13-22(34-3)14-10-20)29(36-30)21-11-15-23(35-4)16-12-21/h5-16,18H,1-4H3/b32-18+. The van der Waals surface area contributed by atoms with Crippen LogP contribution in [0.5, 0.6) is 11.5 Å². The Kier molecular flexibility index (Phi) is 6.05. The molecular weight excluding hydrogens is 450 g/mol. The third-order valence-corrected chi connectivity index (χ3v) is 6.49. The fourth-order valence-corrected chi connectivity index (χ4v) is 4.43. The Morgan fingerprint density at radius 1 is 0.889 bits per heavy atom. The van der Waals surface area contributed by atoms with Gasteiger partial charge >= 0.3 is 0 Å². The number of ether oxygens (including phenoxy) is 2. The van der Waals surface area contributed by atoms with Gasteiger partial charge in [0.15, 0.2) is 0 Å². The zero-order valence-electron chi connectivity index (χ0n) is 20.6. The molecule has 0 unspecified atom stereocenters. The van der Waals surface area contributed by atoms with Crippen LogP contribution in [0.25, 0.3) is 33.4 Å². The number of para-hydroxylation sites is 1. The molecule has 0 saturated carbocycles. The molecule has 0 aliphatic heterocycles. The fourth-order valence-electron chi connectivity index (χ4n) is 4.43. The second kappa shape index (κ2) is 9.47. The van der Waals surface area contributed by atoms with Gasteiger partial charge in [0.2, 0.25) is 5.88 Å². The van der Waals surface area contributed by atoms with E-state index in [4.69, 9.17) is 18.9 Å². The molecule has 6 nitrogen and oxygen atoms in total. The molecule has 0 radical (unpaired) electrons. The van der Waals surface area contributed by atoms with E-state index in [1.807, 2.05) is 67.7 Å². The summed E-state index contributed by atoms with van der Waals surface area (Å²) in [6.45, 7) is 2.06. The van der Waals surface area contributed by atoms with E-state index in [2.05, 4.69) is 29.7 Å². The molecule has 178 valence electrons. The quantitative estimate of drug-likeness (QED) is 0.247. The zero-order valence-corrected chi connectivity index (χ0v) is 20.6. The van der Waals surface area contributed by atoms with Crippen LogP contribution in [-0.2, 0) is 7.05 Å². The Balaban J connectivity index is 1.69. The van der Waals surface area contributed by atoms with Crippen LogP contribution in [-0.4, -0.2) is 25.0 Å². The van der Waals surface area contributed by atoms with Gasteiger partial charge in [0.1, 0.15) is 28.9 Å². The monoisotopic (exact) mass is 475 g/mol. The SMILES string of the molecule is COc1ccc(-c2oc(/N=C/c3c(C)n(C)c4ccccc34)c(C#N)c2-c2ccc(OC)cc2)cc1. The molecule has 0 spiro atoms. The summed E-state index contributed by atoms with van der Waals surface area (Å²) in [6, 6.07) is 25.6. The average molecular weight is 476 g/mol. The molecule has 0 N–H and O–H groups in total. The molecule has 3 aromatic carbocycles. The van der Waals surface area contributed by atoms with E-state index in [-0.39, 0.29) is 5.88 Å². The molecule has 36 heavy (non-hydrogen) atoms. The summed E-state index contributed by atoms with van der Waals surface area (Å²) in [5.41, 5.74) is 5.91. The number of benzene rings is 3. The predicted octanol–water partition coefficient (Wildman–Crippen LogP) is 7.05. The normalized spacial score (nSPS) is 11.2. The van der Waals surface area contributed by atoms with E-state index in [9.17, 15) is 5.26 Å². The van der Waals surface area contributed by atoms with Crippen LogP contribution < -0.4 is 9.47 Å². The zero-order chi connectivity index (χ0) is 25.2. The van der Waals surface area contributed by atoms with E-state index in [0.29, 0.717) is 16.9 Å². The highest BCUT2D eigenvalue weighted by Gasteiger charge is 2.23. The van der Waals surface area contributed by atoms with Crippen molar-refractivity contribution in [2.24, 2.45) is 12.0 Å². The van der Waals surface area contributed by atoms with Gasteiger partial charge in [0.25, 0.3) is 0 Å². The number of hydrogen-bond acceptors (Lipinski definition) is 5. The summed E-state index contributed by atoms with van der Waals surface area (Å²) >= 11 is 0. The molecular formula is C30H25N3O3. The highest BCUT2D eigenvalue weighted by molar-refractivity contribution is 6.02. The third kappa shape index (κ3) is 3.91. The number of rotatable bonds is 6. The summed E-state index contributed by atoms with van der Waals surface area (Å²) in [5, 5.41) is 11.3. The van der Waals surface area contributed by atoms with Gasteiger partial charge in [-0.3, -0.25) is 0 Å². The first-order chi connectivity index (χ1) is 17.5. The minimum atomic E-state index is 0.265. The fraction of sp³-hybridized carbons (Fsp3) is 0.133. The summed E-state index contributed by atoms with van der Waals surface area (Å²) in [4.78, 5) is 4.69. The van der Waals surface area contributed by atoms with Crippen molar-refractivity contribution in [1.29, 1.82) is 5.26 Å². The number of aliphatic imine (C=N–C) groups is 1. The number of fused-ring (bicyclic) bond motifs is 1. The summed E-state index contributed by atoms with van der Waals surface area (Å²) in [6.07, 6.45) is 1.78. The maximum atomic E-state index is 10.2. The third-order valence-electron chi connectivity index (χ3n) is 6.49. The Hall–Kier alpha value is -4.76. The van der Waals surface area contributed by atoms with Crippen LogP contribution in [0.1, 0.15) is 16.8 Å². The Labute approximate surface area is 209 Å². The Bertz CT molecular complexity index is 1620. The van der Waals surface area contributed by atoms with Crippen LogP contribution in [0.2, 0.25) is 0 Å². The summed E-state index contributed by atoms with van der Waals surface area (Å²) in [5.74, 6) is 2.31. The van der Waals surface area contributed by atoms with E-state index in [1.165, 1.54) is 0 Å². The van der Waals surface area contributed by atoms with Crippen molar-refractivity contribution >= 4 is 23.0 Å². The lowest BCUT2D eigenvalue weighted by Crippen LogP contribution is -1.91. The number of methoxy groups -OCH3 is 2. The summed E-state index contributed by atoms with van der Waals surface area (Å²) in [7, 11) is 5.28. The van der Waals surface area contributed by atoms with E-state index >= 15 is 0 Å². The van der Waals surface area contributed by atoms with E-state index in [0.717, 1.165) is 44.8 Å². The van der Waals surface area contributed by atoms with Gasteiger partial charge in [0.05, 0.1) is 14.2 Å². The summed E-state index contributed by atoms with van der Waals surface area (Å²) < 4.78 is 19.0. The number of hydrogen-bond donors (Lipinski definition) is 0. The second-order valence-electron chi connectivity index (χ2n) is 8.39. The van der Waals surface area contributed by atoms with E-state index < -0.39 is 0 Å². The molecule has 0 amide bonds. The Morgan fingerprint density at radius 3 is 2.11 bits per heavy atom. The lowest BCUT2D eigenvalue weighted by atomic mass is 9.98. The van der Waals surface area contributed by atoms with Gasteiger partial charge < -0.3 is 18.5 Å². The van der Waals surface area contributed by atoms with Gasteiger partial charge in [0, 0.05) is 46.5 Å². The second-order valence-corrected chi connectivity index (χ2v) is 8.39. The van der Waals surface area contributed by atoms with Crippen molar-refractivity contribution in [3.05, 3.63) is 89.6 Å². The smallest absolute Gasteiger partial charge is 0.238 e. The Morgan fingerprint density at radius 2 is 1.50 bits per heavy atom. The van der Waals surface area contributed by atoms with Gasteiger partial charge in [-0.05, 0) is 55.0 Å². The van der Waals surface area contributed by atoms with Gasteiger partial charge in [-0.1, -0.05) is 30.3 Å². The highest BCUT2D eigenvalue weighted by Crippen LogP contribution is 2.43. The lowest BCUT2D eigenvalue weighted by molar-refractivity contribution is 0.414. The van der Waals surface area contributed by atoms with Gasteiger partial charge in [-0.2, -0.15) is 5.26 Å². The number of nitriles is 1. The highest BCUT2D eigenvalue weighted by atomic mass is 16.5. The van der Waals surface area contributed by atoms with Crippen molar-refractivity contribution in [1.82, 2.24) is 4.57 Å². The molecule has 0 aliphatic carbocycles. The average Bonchev–Trinajstić information content (AvgIpc) is 3.42. The first-order valence-corrected chi connectivity index (χ1v) is 11.5. The molecule has 0 atom stereocenters. The molecule has 0 aliphatic rings. The van der Waals surface area contributed by atoms with Crippen molar-refractivity contribution in [3.8, 4) is 40.0 Å². The maximum Gasteiger partial charge on any atom is 0.238 e. The minimum Gasteiger partial charge on any atom is -0.497 e. The molecule has 0 saturated heterocycles. The number of furan rings is 1. The van der Waals surface area contributed by atoms with Gasteiger partial charge in [-0.25, -0.2) is 4.99 Å². The number of aromatic nitrogens is 1. The van der Waals surface area contributed by atoms with Crippen LogP contribution in [0.3, 0.4) is 0 Å². The molecule has 0 fully saturated rings. The maximum absolute atomic E-state index is 10.2. The number of aryl methyl sites for hydroxylation is 1. The molecule has 0 bridgehead atoms. The minimum absolute atomic E-state index is 0.265. The molecule has 2 heterocycles. The first-order valence-electron chi connectivity index (χ1n) is 11.5. The molecule has 5 aromatic rings. The topological polar surface area (TPSA) is 72.7 Å². The van der Waals surface area contributed by atoms with Crippen LogP contribution >= 0.6 is 0 Å². The largest absolute Gasteiger partial charge is 0.497 e. The van der Waals surface area contributed by atoms with Gasteiger partial charge in [-0.15, -0.1) is 0 Å². The van der Waals surface area contributed by atoms with Crippen LogP contribution in [0, 0.1) is 18.3 Å². The van der Waals surface area contributed by atoms with Crippen molar-refractivity contribution < 1.29 is 13.9 Å². The van der Waals surface area contributed by atoms with Crippen molar-refractivity contribution in [3.63, 3.8) is 0 Å². The molecule has 2 aromatic heterocycles. The van der Waals surface area contributed by atoms with Crippen LogP contribution in [0.15, 0.2) is 82.2 Å². The lowest BCUT2D eigenvalue weighted by Gasteiger charge is -2.06. The molecule has 5 rings (SSSR count). The van der Waals surface area contributed by atoms with Crippen molar-refractivity contribution in [2.75, 3.05) is 14.2 Å². The molecule has 6 heteroatoms. The van der Waals surface area contributed by atoms with Crippen LogP contribution in [0.4, 0.5) is 5.88 Å².